The van der Waals surface area contributed by atoms with Crippen LogP contribution in [0.2, 0.25) is 0 Å². The fourth-order valence-corrected chi connectivity index (χ4v) is 3.34. The zero-order valence-corrected chi connectivity index (χ0v) is 19.3. The summed E-state index contributed by atoms with van der Waals surface area (Å²) in [4.78, 5) is 26.9. The number of nitrogens with one attached hydrogen (secondary N) is 1. The average Bonchev–Trinajstić information content (AvgIpc) is 2.85. The lowest BCUT2D eigenvalue weighted by molar-refractivity contribution is -0.119. The molecule has 0 radical (unpaired) electrons. The maximum atomic E-state index is 12.4. The highest BCUT2D eigenvalue weighted by molar-refractivity contribution is 5.95. The van der Waals surface area contributed by atoms with E-state index in [1.165, 1.54) is 0 Å². The molecular formula is C25H32N2O6. The molecule has 0 unspecified atom stereocenters. The van der Waals surface area contributed by atoms with Gasteiger partial charge in [0, 0.05) is 24.5 Å². The summed E-state index contributed by atoms with van der Waals surface area (Å²) in [5, 5.41) is 2.74. The summed E-state index contributed by atoms with van der Waals surface area (Å²) in [6, 6.07) is 12.4. The second-order valence-electron chi connectivity index (χ2n) is 7.57. The molecule has 1 fully saturated rings. The van der Waals surface area contributed by atoms with Gasteiger partial charge in [0.15, 0.2) is 18.1 Å². The van der Waals surface area contributed by atoms with Crippen molar-refractivity contribution in [2.24, 2.45) is 0 Å². The monoisotopic (exact) mass is 456 g/mol. The van der Waals surface area contributed by atoms with Crippen molar-refractivity contribution < 1.29 is 28.5 Å². The lowest BCUT2D eigenvalue weighted by Gasteiger charge is -2.28. The molecule has 8 heteroatoms. The van der Waals surface area contributed by atoms with Crippen LogP contribution in [0.3, 0.4) is 0 Å². The van der Waals surface area contributed by atoms with Crippen molar-refractivity contribution in [2.75, 3.05) is 56.3 Å². The predicted molar refractivity (Wildman–Crippen MR) is 126 cm³/mol. The van der Waals surface area contributed by atoms with Crippen molar-refractivity contribution in [3.63, 3.8) is 0 Å². The summed E-state index contributed by atoms with van der Waals surface area (Å²) in [7, 11) is 0. The van der Waals surface area contributed by atoms with Crippen LogP contribution < -0.4 is 19.7 Å². The van der Waals surface area contributed by atoms with Crippen molar-refractivity contribution in [1.29, 1.82) is 0 Å². The Balaban J connectivity index is 1.51. The van der Waals surface area contributed by atoms with Crippen LogP contribution in [0.5, 0.6) is 11.5 Å². The van der Waals surface area contributed by atoms with E-state index in [0.717, 1.165) is 31.6 Å². The summed E-state index contributed by atoms with van der Waals surface area (Å²) in [5.41, 5.74) is 2.01. The molecule has 2 aromatic rings. The second kappa shape index (κ2) is 12.7. The van der Waals surface area contributed by atoms with Gasteiger partial charge < -0.3 is 29.2 Å². The van der Waals surface area contributed by atoms with Crippen LogP contribution in [0.4, 0.5) is 11.4 Å². The number of carbonyl (C=O) groups excluding carboxylic acids is 2. The van der Waals surface area contributed by atoms with Gasteiger partial charge in [-0.05, 0) is 55.8 Å². The third kappa shape index (κ3) is 7.39. The highest BCUT2D eigenvalue weighted by atomic mass is 16.5. The maximum Gasteiger partial charge on any atom is 0.338 e. The van der Waals surface area contributed by atoms with E-state index >= 15 is 0 Å². The first-order valence-electron chi connectivity index (χ1n) is 11.4. The second-order valence-corrected chi connectivity index (χ2v) is 7.57. The molecule has 0 bridgehead atoms. The third-order valence-electron chi connectivity index (χ3n) is 5.10. The molecule has 33 heavy (non-hydrogen) atoms. The van der Waals surface area contributed by atoms with Gasteiger partial charge in [-0.3, -0.25) is 4.79 Å². The first kappa shape index (κ1) is 24.4. The van der Waals surface area contributed by atoms with Crippen molar-refractivity contribution in [3.05, 3.63) is 48.0 Å². The zero-order chi connectivity index (χ0) is 23.5. The SMILES string of the molecule is CCCCOc1ccc(C(=O)OCC(=O)Nc2ccc(N3CCOCC3)cc2)cc1OCC. The fourth-order valence-electron chi connectivity index (χ4n) is 3.34. The van der Waals surface area contributed by atoms with Gasteiger partial charge in [-0.1, -0.05) is 13.3 Å². The summed E-state index contributed by atoms with van der Waals surface area (Å²) in [6.07, 6.45) is 1.95. The number of nitrogens with zero attached hydrogens (tertiary/aromatic N) is 1. The van der Waals surface area contributed by atoms with Crippen molar-refractivity contribution >= 4 is 23.3 Å². The number of hydrogen-bond acceptors (Lipinski definition) is 7. The first-order chi connectivity index (χ1) is 16.1. The predicted octanol–water partition coefficient (Wildman–Crippen LogP) is 3.90. The van der Waals surface area contributed by atoms with Gasteiger partial charge in [-0.2, -0.15) is 0 Å². The Labute approximate surface area is 194 Å². The quantitative estimate of drug-likeness (QED) is 0.405. The molecule has 1 N–H and O–H groups in total. The van der Waals surface area contributed by atoms with Crippen molar-refractivity contribution in [3.8, 4) is 11.5 Å². The lowest BCUT2D eigenvalue weighted by atomic mass is 10.2. The number of amides is 1. The van der Waals surface area contributed by atoms with Crippen LogP contribution >= 0.6 is 0 Å². The molecule has 0 atom stereocenters. The van der Waals surface area contributed by atoms with Crippen LogP contribution in [-0.4, -0.2) is 58.0 Å². The zero-order valence-electron chi connectivity index (χ0n) is 19.3. The highest BCUT2D eigenvalue weighted by Crippen LogP contribution is 2.29. The van der Waals surface area contributed by atoms with Crippen LogP contribution in [0.1, 0.15) is 37.0 Å². The molecule has 2 aromatic carbocycles. The van der Waals surface area contributed by atoms with E-state index in [1.807, 2.05) is 31.2 Å². The molecule has 1 aliphatic heterocycles. The molecule has 0 spiro atoms. The van der Waals surface area contributed by atoms with Crippen LogP contribution in [-0.2, 0) is 14.3 Å². The molecule has 1 amide bonds. The number of carbonyl (C=O) groups is 2. The standard InChI is InChI=1S/C25H32N2O6/c1-3-5-14-32-22-11-6-19(17-23(22)31-4-2)25(29)33-18-24(28)26-20-7-9-21(10-8-20)27-12-15-30-16-13-27/h6-11,17H,3-5,12-16,18H2,1-2H3,(H,26,28). The Morgan fingerprint density at radius 2 is 1.76 bits per heavy atom. The Hall–Kier alpha value is -3.26. The van der Waals surface area contributed by atoms with E-state index in [4.69, 9.17) is 18.9 Å². The topological polar surface area (TPSA) is 86.3 Å². The van der Waals surface area contributed by atoms with Crippen molar-refractivity contribution in [2.45, 2.75) is 26.7 Å². The largest absolute Gasteiger partial charge is 0.490 e. The molecule has 1 aliphatic rings. The molecule has 178 valence electrons. The van der Waals surface area contributed by atoms with Gasteiger partial charge in [0.2, 0.25) is 0 Å². The summed E-state index contributed by atoms with van der Waals surface area (Å²) in [6.45, 7) is 7.69. The molecule has 3 rings (SSSR count). The number of hydrogen-bond donors (Lipinski definition) is 1. The van der Waals surface area contributed by atoms with Crippen molar-refractivity contribution in [1.82, 2.24) is 0 Å². The summed E-state index contributed by atoms with van der Waals surface area (Å²) < 4.78 is 21.9. The van der Waals surface area contributed by atoms with Crippen LogP contribution in [0, 0.1) is 0 Å². The minimum absolute atomic E-state index is 0.295. The number of ether oxygens (including phenoxy) is 4. The van der Waals surface area contributed by atoms with Gasteiger partial charge in [0.05, 0.1) is 32.0 Å². The van der Waals surface area contributed by atoms with Crippen LogP contribution in [0.15, 0.2) is 42.5 Å². The van der Waals surface area contributed by atoms with Gasteiger partial charge in [-0.25, -0.2) is 4.79 Å². The molecular weight excluding hydrogens is 424 g/mol. The number of rotatable bonds is 11. The average molecular weight is 457 g/mol. The first-order valence-corrected chi connectivity index (χ1v) is 11.4. The van der Waals surface area contributed by atoms with E-state index in [1.54, 1.807) is 18.2 Å². The number of anilines is 2. The Bertz CT molecular complexity index is 910. The van der Waals surface area contributed by atoms with Gasteiger partial charge in [-0.15, -0.1) is 0 Å². The van der Waals surface area contributed by atoms with E-state index in [9.17, 15) is 9.59 Å². The maximum absolute atomic E-state index is 12.4. The number of esters is 1. The Morgan fingerprint density at radius 1 is 1.00 bits per heavy atom. The highest BCUT2D eigenvalue weighted by Gasteiger charge is 2.15. The summed E-state index contributed by atoms with van der Waals surface area (Å²) in [5.74, 6) is 0.0499. The molecule has 1 heterocycles. The van der Waals surface area contributed by atoms with E-state index < -0.39 is 11.9 Å². The normalized spacial score (nSPS) is 13.3. The lowest BCUT2D eigenvalue weighted by Crippen LogP contribution is -2.36. The summed E-state index contributed by atoms with van der Waals surface area (Å²) >= 11 is 0. The molecule has 8 nitrogen and oxygen atoms in total. The molecule has 0 aliphatic carbocycles. The fraction of sp³-hybridized carbons (Fsp3) is 0.440. The van der Waals surface area contributed by atoms with E-state index in [0.29, 0.717) is 49.2 Å². The Kier molecular flexibility index (Phi) is 9.38. The number of morpholine rings is 1. The minimum Gasteiger partial charge on any atom is -0.490 e. The third-order valence-corrected chi connectivity index (χ3v) is 5.10. The van der Waals surface area contributed by atoms with Crippen LogP contribution in [0.25, 0.3) is 0 Å². The van der Waals surface area contributed by atoms with E-state index in [-0.39, 0.29) is 6.61 Å². The van der Waals surface area contributed by atoms with E-state index in [2.05, 4.69) is 17.1 Å². The number of benzene rings is 2. The van der Waals surface area contributed by atoms with Gasteiger partial charge in [0.25, 0.3) is 5.91 Å². The number of unbranched alkanes of at least 4 members (excludes halogenated alkanes) is 1. The molecule has 0 saturated carbocycles. The molecule has 0 aromatic heterocycles. The molecule has 1 saturated heterocycles. The van der Waals surface area contributed by atoms with Gasteiger partial charge >= 0.3 is 5.97 Å². The minimum atomic E-state index is -0.603. The van der Waals surface area contributed by atoms with Gasteiger partial charge in [0.1, 0.15) is 0 Å². The smallest absolute Gasteiger partial charge is 0.338 e. The Morgan fingerprint density at radius 3 is 2.45 bits per heavy atom.